The van der Waals surface area contributed by atoms with E-state index in [1.807, 2.05) is 13.8 Å². The van der Waals surface area contributed by atoms with Gasteiger partial charge in [0, 0.05) is 12.1 Å². The first-order chi connectivity index (χ1) is 7.90. The molecule has 0 aliphatic carbocycles. The lowest BCUT2D eigenvalue weighted by atomic mass is 10.1. The van der Waals surface area contributed by atoms with Crippen molar-refractivity contribution in [1.29, 1.82) is 0 Å². The van der Waals surface area contributed by atoms with Crippen LogP contribution in [0.5, 0.6) is 0 Å². The molecule has 0 spiro atoms. The highest BCUT2D eigenvalue weighted by Gasteiger charge is 2.10. The number of rotatable bonds is 4. The van der Waals surface area contributed by atoms with Crippen LogP contribution in [0, 0.1) is 5.92 Å². The van der Waals surface area contributed by atoms with Crippen molar-refractivity contribution in [2.75, 3.05) is 5.32 Å². The van der Waals surface area contributed by atoms with E-state index >= 15 is 0 Å². The van der Waals surface area contributed by atoms with Gasteiger partial charge in [-0.25, -0.2) is 0 Å². The largest absolute Gasteiger partial charge is 0.366 e. The lowest BCUT2D eigenvalue weighted by molar-refractivity contribution is -0.116. The number of benzene rings is 1. The van der Waals surface area contributed by atoms with Crippen LogP contribution in [0.15, 0.2) is 18.2 Å². The lowest BCUT2D eigenvalue weighted by Gasteiger charge is -2.08. The Morgan fingerprint density at radius 2 is 2.06 bits per heavy atom. The van der Waals surface area contributed by atoms with Crippen molar-refractivity contribution in [2.45, 2.75) is 20.3 Å². The predicted molar refractivity (Wildman–Crippen MR) is 68.1 cm³/mol. The first-order valence-corrected chi connectivity index (χ1v) is 5.67. The van der Waals surface area contributed by atoms with Gasteiger partial charge in [0.25, 0.3) is 0 Å². The molecular formula is C12H15ClN2O2. The molecule has 5 heteroatoms. The summed E-state index contributed by atoms with van der Waals surface area (Å²) < 4.78 is 0. The highest BCUT2D eigenvalue weighted by Crippen LogP contribution is 2.20. The van der Waals surface area contributed by atoms with Crippen molar-refractivity contribution >= 4 is 29.1 Å². The highest BCUT2D eigenvalue weighted by atomic mass is 35.5. The highest BCUT2D eigenvalue weighted by molar-refractivity contribution is 6.33. The van der Waals surface area contributed by atoms with Gasteiger partial charge in [-0.05, 0) is 24.1 Å². The van der Waals surface area contributed by atoms with Crippen molar-refractivity contribution in [2.24, 2.45) is 11.7 Å². The van der Waals surface area contributed by atoms with Gasteiger partial charge in [0.1, 0.15) is 0 Å². The van der Waals surface area contributed by atoms with E-state index in [1.54, 1.807) is 6.07 Å². The van der Waals surface area contributed by atoms with Gasteiger partial charge in [-0.1, -0.05) is 25.4 Å². The van der Waals surface area contributed by atoms with Gasteiger partial charge in [-0.2, -0.15) is 0 Å². The van der Waals surface area contributed by atoms with E-state index in [1.165, 1.54) is 12.1 Å². The molecule has 1 rings (SSSR count). The first-order valence-electron chi connectivity index (χ1n) is 5.29. The number of carbonyl (C=O) groups is 2. The number of amides is 2. The summed E-state index contributed by atoms with van der Waals surface area (Å²) in [6, 6.07) is 4.64. The molecule has 1 aromatic rings. The van der Waals surface area contributed by atoms with Gasteiger partial charge in [-0.15, -0.1) is 0 Å². The second kappa shape index (κ2) is 5.68. The van der Waals surface area contributed by atoms with Crippen LogP contribution in [0.1, 0.15) is 30.6 Å². The van der Waals surface area contributed by atoms with Gasteiger partial charge in [0.2, 0.25) is 11.8 Å². The van der Waals surface area contributed by atoms with Gasteiger partial charge < -0.3 is 11.1 Å². The third-order valence-corrected chi connectivity index (χ3v) is 2.44. The Hall–Kier alpha value is -1.55. The minimum Gasteiger partial charge on any atom is -0.366 e. The Labute approximate surface area is 105 Å². The fourth-order valence-corrected chi connectivity index (χ4v) is 1.59. The van der Waals surface area contributed by atoms with E-state index in [0.717, 1.165) is 0 Å². The third kappa shape index (κ3) is 4.07. The standard InChI is InChI=1S/C12H15ClN2O2/c1-7(2)5-11(16)15-8-3-4-10(13)9(6-8)12(14)17/h3-4,6-7H,5H2,1-2H3,(H2,14,17)(H,15,16). The molecule has 1 aromatic carbocycles. The lowest BCUT2D eigenvalue weighted by Crippen LogP contribution is -2.16. The molecular weight excluding hydrogens is 240 g/mol. The van der Waals surface area contributed by atoms with Crippen molar-refractivity contribution in [3.63, 3.8) is 0 Å². The Balaban J connectivity index is 2.82. The molecule has 0 radical (unpaired) electrons. The number of hydrogen-bond donors (Lipinski definition) is 2. The Kier molecular flexibility index (Phi) is 4.52. The second-order valence-electron chi connectivity index (χ2n) is 4.21. The zero-order chi connectivity index (χ0) is 13.0. The van der Waals surface area contributed by atoms with Crippen LogP contribution in [0.25, 0.3) is 0 Å². The molecule has 0 bridgehead atoms. The number of nitrogens with one attached hydrogen (secondary N) is 1. The monoisotopic (exact) mass is 254 g/mol. The van der Waals surface area contributed by atoms with E-state index in [0.29, 0.717) is 12.1 Å². The third-order valence-electron chi connectivity index (χ3n) is 2.11. The zero-order valence-electron chi connectivity index (χ0n) is 9.79. The predicted octanol–water partition coefficient (Wildman–Crippen LogP) is 2.42. The van der Waals surface area contributed by atoms with E-state index in [4.69, 9.17) is 17.3 Å². The van der Waals surface area contributed by atoms with Gasteiger partial charge in [0.15, 0.2) is 0 Å². The molecule has 0 aromatic heterocycles. The topological polar surface area (TPSA) is 72.2 Å². The molecule has 0 heterocycles. The smallest absolute Gasteiger partial charge is 0.250 e. The Morgan fingerprint density at radius 1 is 1.41 bits per heavy atom. The number of primary amides is 1. The summed E-state index contributed by atoms with van der Waals surface area (Å²) in [4.78, 5) is 22.6. The van der Waals surface area contributed by atoms with Crippen LogP contribution < -0.4 is 11.1 Å². The quantitative estimate of drug-likeness (QED) is 0.866. The van der Waals surface area contributed by atoms with Crippen molar-refractivity contribution in [1.82, 2.24) is 0 Å². The Bertz CT molecular complexity index is 444. The average molecular weight is 255 g/mol. The van der Waals surface area contributed by atoms with Crippen LogP contribution in [0.3, 0.4) is 0 Å². The van der Waals surface area contributed by atoms with Crippen molar-refractivity contribution in [3.05, 3.63) is 28.8 Å². The van der Waals surface area contributed by atoms with Crippen LogP contribution in [0.4, 0.5) is 5.69 Å². The number of nitrogens with two attached hydrogens (primary N) is 1. The maximum Gasteiger partial charge on any atom is 0.250 e. The fourth-order valence-electron chi connectivity index (χ4n) is 1.37. The van der Waals surface area contributed by atoms with Gasteiger partial charge >= 0.3 is 0 Å². The number of hydrogen-bond acceptors (Lipinski definition) is 2. The summed E-state index contributed by atoms with van der Waals surface area (Å²) in [5.74, 6) is -0.439. The number of anilines is 1. The van der Waals surface area contributed by atoms with E-state index in [-0.39, 0.29) is 22.4 Å². The number of carbonyl (C=O) groups excluding carboxylic acids is 2. The number of halogens is 1. The molecule has 4 nitrogen and oxygen atoms in total. The van der Waals surface area contributed by atoms with Crippen LogP contribution in [-0.2, 0) is 4.79 Å². The molecule has 17 heavy (non-hydrogen) atoms. The summed E-state index contributed by atoms with van der Waals surface area (Å²) in [6.45, 7) is 3.91. The summed E-state index contributed by atoms with van der Waals surface area (Å²) >= 11 is 5.80. The van der Waals surface area contributed by atoms with E-state index < -0.39 is 5.91 Å². The molecule has 0 unspecified atom stereocenters. The van der Waals surface area contributed by atoms with Crippen molar-refractivity contribution < 1.29 is 9.59 Å². The summed E-state index contributed by atoms with van der Waals surface area (Å²) in [5, 5.41) is 2.97. The zero-order valence-corrected chi connectivity index (χ0v) is 10.5. The van der Waals surface area contributed by atoms with Gasteiger partial charge in [0.05, 0.1) is 10.6 Å². The molecule has 92 valence electrons. The fraction of sp³-hybridized carbons (Fsp3) is 0.333. The van der Waals surface area contributed by atoms with E-state index in [9.17, 15) is 9.59 Å². The maximum absolute atomic E-state index is 11.5. The minimum atomic E-state index is -0.616. The Morgan fingerprint density at radius 3 is 2.59 bits per heavy atom. The van der Waals surface area contributed by atoms with E-state index in [2.05, 4.69) is 5.32 Å². The summed E-state index contributed by atoms with van der Waals surface area (Å²) in [6.07, 6.45) is 0.425. The summed E-state index contributed by atoms with van der Waals surface area (Å²) in [5.41, 5.74) is 5.88. The molecule has 0 saturated carbocycles. The van der Waals surface area contributed by atoms with Crippen LogP contribution in [0.2, 0.25) is 5.02 Å². The van der Waals surface area contributed by atoms with Crippen molar-refractivity contribution in [3.8, 4) is 0 Å². The maximum atomic E-state index is 11.5. The first kappa shape index (κ1) is 13.5. The molecule has 0 aliphatic rings. The molecule has 0 aliphatic heterocycles. The summed E-state index contributed by atoms with van der Waals surface area (Å²) in [7, 11) is 0. The second-order valence-corrected chi connectivity index (χ2v) is 4.61. The molecule has 0 saturated heterocycles. The van der Waals surface area contributed by atoms with Gasteiger partial charge in [-0.3, -0.25) is 9.59 Å². The molecule has 3 N–H and O–H groups in total. The normalized spacial score (nSPS) is 10.4. The molecule has 0 atom stereocenters. The van der Waals surface area contributed by atoms with Crippen LogP contribution >= 0.6 is 11.6 Å². The average Bonchev–Trinajstić information content (AvgIpc) is 2.19. The molecule has 2 amide bonds. The minimum absolute atomic E-state index is 0.0993. The van der Waals surface area contributed by atoms with Crippen LogP contribution in [-0.4, -0.2) is 11.8 Å². The molecule has 0 fully saturated rings. The SMILES string of the molecule is CC(C)CC(=O)Nc1ccc(Cl)c(C(N)=O)c1.